The van der Waals surface area contributed by atoms with E-state index in [-0.39, 0.29) is 19.1 Å². The third kappa shape index (κ3) is 65.9. The molecule has 9 heteroatoms. The van der Waals surface area contributed by atoms with Crippen LogP contribution < -0.4 is 10.2 Å². The van der Waals surface area contributed by atoms with E-state index in [4.69, 9.17) is 9.05 Å². The molecule has 0 saturated carbocycles. The number of nitrogens with zero attached hydrogens (tertiary/aromatic N) is 1. The number of carbonyl (C=O) groups excluding carboxylic acids is 1. The van der Waals surface area contributed by atoms with E-state index in [9.17, 15) is 19.4 Å². The fourth-order valence-electron chi connectivity index (χ4n) is 10.7. The van der Waals surface area contributed by atoms with Crippen LogP contribution in [0.5, 0.6) is 0 Å². The highest BCUT2D eigenvalue weighted by Crippen LogP contribution is 2.38. The van der Waals surface area contributed by atoms with Gasteiger partial charge in [0.2, 0.25) is 5.91 Å². The Morgan fingerprint density at radius 1 is 0.432 bits per heavy atom. The quantitative estimate of drug-likeness (QED) is 0.0272. The number of nitrogens with one attached hydrogen (secondary N) is 1. The monoisotopic (exact) mass is 1160 g/mol. The number of amides is 1. The molecule has 0 bridgehead atoms. The third-order valence-corrected chi connectivity index (χ3v) is 17.2. The number of phosphoric acid groups is 1. The Morgan fingerprint density at radius 3 is 1.07 bits per heavy atom. The number of allylic oxidation sites excluding steroid dienone is 7. The molecule has 3 atom stereocenters. The molecule has 0 radical (unpaired) electrons. The highest BCUT2D eigenvalue weighted by Gasteiger charge is 2.23. The first kappa shape index (κ1) is 79.5. The molecular formula is C72H139N2O6P. The van der Waals surface area contributed by atoms with E-state index < -0.39 is 20.0 Å². The standard InChI is InChI=1S/C72H139N2O6P/c1-6-8-10-12-14-16-18-20-22-24-26-28-29-30-31-32-33-34-35-36-37-38-39-40-41-42-43-44-45-46-48-50-52-54-56-58-60-62-64-66-72(76)73-70(69-80-81(77,78)79-68-67-74(3,4)5)71(75)65-63-61-59-57-55-53-51-49-47-27-25-23-21-19-17-15-13-11-9-7-2/h18,20,24,26,55,57,63,65,70-71,75H,6-17,19,21-23,25,27-54,56,58-62,64,66-69H2,1-5H3,(H-,73,76,77,78)/b20-18-,26-24-,57-55+,65-63+. The van der Waals surface area contributed by atoms with E-state index in [2.05, 4.69) is 55.6 Å². The molecule has 0 aliphatic heterocycles. The minimum atomic E-state index is -4.61. The first-order chi connectivity index (χ1) is 39.5. The van der Waals surface area contributed by atoms with Gasteiger partial charge in [-0.3, -0.25) is 9.36 Å². The molecule has 0 heterocycles. The number of likely N-dealkylation sites (N-methyl/N-ethyl adjacent to an activating group) is 1. The van der Waals surface area contributed by atoms with E-state index in [1.165, 1.54) is 289 Å². The summed E-state index contributed by atoms with van der Waals surface area (Å²) in [5, 5.41) is 13.9. The largest absolute Gasteiger partial charge is 0.756 e. The summed E-state index contributed by atoms with van der Waals surface area (Å²) in [6.45, 7) is 4.66. The van der Waals surface area contributed by atoms with Crippen LogP contribution in [-0.4, -0.2) is 68.5 Å². The fraction of sp³-hybridized carbons (Fsp3) is 0.875. The second kappa shape index (κ2) is 63.0. The van der Waals surface area contributed by atoms with Gasteiger partial charge >= 0.3 is 0 Å². The Labute approximate surface area is 505 Å². The second-order valence-corrected chi connectivity index (χ2v) is 27.0. The van der Waals surface area contributed by atoms with Crippen molar-refractivity contribution in [2.45, 2.75) is 366 Å². The van der Waals surface area contributed by atoms with Gasteiger partial charge in [0.15, 0.2) is 0 Å². The Kier molecular flexibility index (Phi) is 61.8. The third-order valence-electron chi connectivity index (χ3n) is 16.3. The van der Waals surface area contributed by atoms with Gasteiger partial charge in [0.1, 0.15) is 13.2 Å². The summed E-state index contributed by atoms with van der Waals surface area (Å²) in [5.41, 5.74) is 0. The number of aliphatic hydroxyl groups excluding tert-OH is 1. The molecule has 1 amide bonds. The van der Waals surface area contributed by atoms with Gasteiger partial charge in [-0.1, -0.05) is 332 Å². The first-order valence-corrected chi connectivity index (χ1v) is 37.0. The SMILES string of the molecule is CCCCCCC/C=C\C/C=C\CCCCCCCCCCCCCCCCCCCCCCCCCCCCCC(=O)NC(COP(=O)([O-])OCC[N+](C)(C)C)C(O)/C=C/CC/C=C/CCCCCCCCCCCCCCCC. The molecular weight excluding hydrogens is 1020 g/mol. The van der Waals surface area contributed by atoms with Gasteiger partial charge < -0.3 is 28.8 Å². The summed E-state index contributed by atoms with van der Waals surface area (Å²) in [6, 6.07) is -0.903. The molecule has 0 spiro atoms. The average molecular weight is 1160 g/mol. The number of unbranched alkanes of at least 4 members (excludes halogenated alkanes) is 47. The predicted molar refractivity (Wildman–Crippen MR) is 353 cm³/mol. The molecule has 0 aliphatic carbocycles. The van der Waals surface area contributed by atoms with Crippen LogP contribution >= 0.6 is 7.82 Å². The highest BCUT2D eigenvalue weighted by atomic mass is 31.2. The summed E-state index contributed by atoms with van der Waals surface area (Å²) in [6.07, 6.45) is 85.4. The van der Waals surface area contributed by atoms with Crippen molar-refractivity contribution in [3.05, 3.63) is 48.6 Å². The van der Waals surface area contributed by atoms with Gasteiger partial charge in [0.25, 0.3) is 7.82 Å². The first-order valence-electron chi connectivity index (χ1n) is 35.5. The zero-order chi connectivity index (χ0) is 59.1. The lowest BCUT2D eigenvalue weighted by Gasteiger charge is -2.29. The molecule has 0 saturated heterocycles. The Balaban J connectivity index is 3.95. The van der Waals surface area contributed by atoms with Gasteiger partial charge in [-0.25, -0.2) is 0 Å². The molecule has 2 N–H and O–H groups in total. The zero-order valence-electron chi connectivity index (χ0n) is 54.8. The lowest BCUT2D eigenvalue weighted by Crippen LogP contribution is -2.45. The van der Waals surface area contributed by atoms with E-state index in [1.54, 1.807) is 6.08 Å². The van der Waals surface area contributed by atoms with Crippen molar-refractivity contribution in [1.82, 2.24) is 5.32 Å². The number of hydrogen-bond acceptors (Lipinski definition) is 6. The summed E-state index contributed by atoms with van der Waals surface area (Å²) < 4.78 is 23.4. The maximum atomic E-state index is 13.0. The number of phosphoric ester groups is 1. The average Bonchev–Trinajstić information content (AvgIpc) is 3.43. The normalized spacial score (nSPS) is 13.9. The van der Waals surface area contributed by atoms with Crippen LogP contribution in [0.15, 0.2) is 48.6 Å². The van der Waals surface area contributed by atoms with Gasteiger partial charge in [-0.05, 0) is 64.2 Å². The summed E-state index contributed by atoms with van der Waals surface area (Å²) in [5.74, 6) is -0.200. The van der Waals surface area contributed by atoms with Gasteiger partial charge in [-0.15, -0.1) is 0 Å². The van der Waals surface area contributed by atoms with E-state index >= 15 is 0 Å². The maximum Gasteiger partial charge on any atom is 0.268 e. The van der Waals surface area contributed by atoms with Crippen molar-refractivity contribution in [2.24, 2.45) is 0 Å². The van der Waals surface area contributed by atoms with Crippen LogP contribution in [0.2, 0.25) is 0 Å². The van der Waals surface area contributed by atoms with E-state index in [0.29, 0.717) is 17.4 Å². The molecule has 0 fully saturated rings. The molecule has 0 aliphatic rings. The summed E-state index contributed by atoms with van der Waals surface area (Å²) in [4.78, 5) is 25.6. The van der Waals surface area contributed by atoms with Crippen molar-refractivity contribution < 1.29 is 32.9 Å². The molecule has 0 aromatic rings. The zero-order valence-corrected chi connectivity index (χ0v) is 55.6. The Hall–Kier alpha value is -1.54. The van der Waals surface area contributed by atoms with Crippen molar-refractivity contribution in [3.63, 3.8) is 0 Å². The van der Waals surface area contributed by atoms with E-state index in [1.807, 2.05) is 27.2 Å². The van der Waals surface area contributed by atoms with Gasteiger partial charge in [0, 0.05) is 6.42 Å². The van der Waals surface area contributed by atoms with Crippen LogP contribution in [0.25, 0.3) is 0 Å². The second-order valence-electron chi connectivity index (χ2n) is 25.6. The van der Waals surface area contributed by atoms with Crippen molar-refractivity contribution >= 4 is 13.7 Å². The Morgan fingerprint density at radius 2 is 0.728 bits per heavy atom. The number of rotatable bonds is 66. The van der Waals surface area contributed by atoms with E-state index in [0.717, 1.165) is 44.9 Å². The minimum absolute atomic E-state index is 0.00476. The number of quaternary nitrogens is 1. The molecule has 0 rings (SSSR count). The van der Waals surface area contributed by atoms with Crippen molar-refractivity contribution in [2.75, 3.05) is 40.9 Å². The molecule has 81 heavy (non-hydrogen) atoms. The summed E-state index contributed by atoms with van der Waals surface area (Å²) in [7, 11) is 1.26. The molecule has 0 aromatic carbocycles. The van der Waals surface area contributed by atoms with Crippen molar-refractivity contribution in [1.29, 1.82) is 0 Å². The van der Waals surface area contributed by atoms with Crippen LogP contribution in [-0.2, 0) is 18.4 Å². The maximum absolute atomic E-state index is 13.0. The number of aliphatic hydroxyl groups is 1. The number of hydrogen-bond donors (Lipinski definition) is 2. The lowest BCUT2D eigenvalue weighted by molar-refractivity contribution is -0.870. The highest BCUT2D eigenvalue weighted by molar-refractivity contribution is 7.45. The fourth-order valence-corrected chi connectivity index (χ4v) is 11.5. The smallest absolute Gasteiger partial charge is 0.268 e. The summed E-state index contributed by atoms with van der Waals surface area (Å²) >= 11 is 0. The van der Waals surface area contributed by atoms with Crippen LogP contribution in [0, 0.1) is 0 Å². The lowest BCUT2D eigenvalue weighted by atomic mass is 10.0. The predicted octanol–water partition coefficient (Wildman–Crippen LogP) is 22.0. The van der Waals surface area contributed by atoms with Crippen LogP contribution in [0.1, 0.15) is 354 Å². The van der Waals surface area contributed by atoms with Crippen molar-refractivity contribution in [3.8, 4) is 0 Å². The molecule has 3 unspecified atom stereocenters. The topological polar surface area (TPSA) is 108 Å². The van der Waals surface area contributed by atoms with Gasteiger partial charge in [0.05, 0.1) is 39.9 Å². The molecule has 478 valence electrons. The molecule has 0 aromatic heterocycles. The number of carbonyl (C=O) groups is 1. The molecule has 8 nitrogen and oxygen atoms in total. The van der Waals surface area contributed by atoms with Crippen LogP contribution in [0.3, 0.4) is 0 Å². The van der Waals surface area contributed by atoms with Crippen LogP contribution in [0.4, 0.5) is 0 Å². The van der Waals surface area contributed by atoms with Gasteiger partial charge in [-0.2, -0.15) is 0 Å². The Bertz CT molecular complexity index is 1460. The minimum Gasteiger partial charge on any atom is -0.756 e.